The zero-order valence-electron chi connectivity index (χ0n) is 15.3. The van der Waals surface area contributed by atoms with Gasteiger partial charge in [-0.1, -0.05) is 30.3 Å². The highest BCUT2D eigenvalue weighted by Gasteiger charge is 2.40. The summed E-state index contributed by atoms with van der Waals surface area (Å²) in [5.74, 6) is 2.05. The quantitative estimate of drug-likeness (QED) is 0.771. The number of nitrogens with one attached hydrogen (secondary N) is 2. The average Bonchev–Trinajstić information content (AvgIpc) is 3.31. The van der Waals surface area contributed by atoms with Crippen LogP contribution in [0.25, 0.3) is 0 Å². The number of benzene rings is 2. The number of fused-ring (bicyclic) bond motifs is 1. The van der Waals surface area contributed by atoms with Gasteiger partial charge in [-0.3, -0.25) is 0 Å². The Bertz CT molecular complexity index is 768. The smallest absolute Gasteiger partial charge is 0.322 e. The second-order valence-electron chi connectivity index (χ2n) is 6.90. The number of carbonyl (C=O) groups excluding carboxylic acids is 1. The van der Waals surface area contributed by atoms with E-state index in [4.69, 9.17) is 9.47 Å². The Morgan fingerprint density at radius 3 is 2.70 bits per heavy atom. The molecule has 0 radical (unpaired) electrons. The first-order valence-electron chi connectivity index (χ1n) is 9.49. The maximum Gasteiger partial charge on any atom is 0.322 e. The summed E-state index contributed by atoms with van der Waals surface area (Å²) in [7, 11) is 0. The van der Waals surface area contributed by atoms with Crippen molar-refractivity contribution in [3.8, 4) is 11.5 Å². The molecule has 142 valence electrons. The Balaban J connectivity index is 1.31. The van der Waals surface area contributed by atoms with Crippen LogP contribution in [-0.4, -0.2) is 49.8 Å². The molecular weight excluding hydrogens is 342 g/mol. The van der Waals surface area contributed by atoms with Gasteiger partial charge in [0, 0.05) is 25.7 Å². The van der Waals surface area contributed by atoms with Gasteiger partial charge in [0.05, 0.1) is 5.69 Å². The van der Waals surface area contributed by atoms with Crippen LogP contribution in [-0.2, 0) is 0 Å². The van der Waals surface area contributed by atoms with Crippen LogP contribution in [0.1, 0.15) is 6.42 Å². The monoisotopic (exact) mass is 367 g/mol. The molecule has 2 aliphatic heterocycles. The third-order valence-electron chi connectivity index (χ3n) is 5.19. The lowest BCUT2D eigenvalue weighted by atomic mass is 10.1. The van der Waals surface area contributed by atoms with Crippen molar-refractivity contribution in [2.24, 2.45) is 5.92 Å². The van der Waals surface area contributed by atoms with Gasteiger partial charge in [-0.25, -0.2) is 4.79 Å². The largest absolute Gasteiger partial charge is 0.490 e. The molecule has 2 amide bonds. The number of carbonyl (C=O) groups is 1. The fraction of sp³-hybridized carbons (Fsp3) is 0.381. The number of nitrogens with zero attached hydrogens (tertiary/aromatic N) is 1. The summed E-state index contributed by atoms with van der Waals surface area (Å²) < 4.78 is 11.5. The summed E-state index contributed by atoms with van der Waals surface area (Å²) in [4.78, 5) is 14.7. The summed E-state index contributed by atoms with van der Waals surface area (Å²) >= 11 is 0. The molecule has 2 aliphatic rings. The molecule has 2 atom stereocenters. The predicted molar refractivity (Wildman–Crippen MR) is 104 cm³/mol. The molecule has 4 rings (SSSR count). The minimum Gasteiger partial charge on any atom is -0.490 e. The van der Waals surface area contributed by atoms with Gasteiger partial charge in [0.1, 0.15) is 24.7 Å². The van der Waals surface area contributed by atoms with E-state index in [0.717, 1.165) is 31.8 Å². The number of urea groups is 1. The van der Waals surface area contributed by atoms with Crippen molar-refractivity contribution >= 4 is 11.7 Å². The Kier molecular flexibility index (Phi) is 5.44. The Hall–Kier alpha value is -2.73. The van der Waals surface area contributed by atoms with Gasteiger partial charge in [-0.15, -0.1) is 0 Å². The van der Waals surface area contributed by atoms with E-state index in [2.05, 4.69) is 10.6 Å². The van der Waals surface area contributed by atoms with Crippen LogP contribution in [0.3, 0.4) is 0 Å². The first kappa shape index (κ1) is 17.7. The molecule has 2 N–H and O–H groups in total. The average molecular weight is 367 g/mol. The molecule has 2 heterocycles. The van der Waals surface area contributed by atoms with Gasteiger partial charge >= 0.3 is 6.03 Å². The fourth-order valence-electron chi connectivity index (χ4n) is 3.81. The zero-order chi connectivity index (χ0) is 18.5. The fourth-order valence-corrected chi connectivity index (χ4v) is 3.81. The highest BCUT2D eigenvalue weighted by atomic mass is 16.5. The minimum absolute atomic E-state index is 0.0530. The summed E-state index contributed by atoms with van der Waals surface area (Å²) in [5.41, 5.74) is 0.691. The third kappa shape index (κ3) is 4.17. The molecule has 2 aromatic carbocycles. The van der Waals surface area contributed by atoms with E-state index in [9.17, 15) is 4.79 Å². The van der Waals surface area contributed by atoms with Crippen molar-refractivity contribution in [3.63, 3.8) is 0 Å². The predicted octanol–water partition coefficient (Wildman–Crippen LogP) is 2.97. The molecule has 6 nitrogen and oxygen atoms in total. The zero-order valence-corrected chi connectivity index (χ0v) is 15.3. The Morgan fingerprint density at radius 2 is 1.81 bits per heavy atom. The van der Waals surface area contributed by atoms with Gasteiger partial charge < -0.3 is 25.0 Å². The van der Waals surface area contributed by atoms with Crippen molar-refractivity contribution in [2.45, 2.75) is 12.5 Å². The standard InChI is InChI=1S/C21H25N3O3/c25-21(24-11-10-16-14-22-15-19(16)24)23-18-8-4-5-9-20(18)27-13-12-26-17-6-2-1-3-7-17/h1-9,16,19,22H,10-15H2,(H,23,25)/t16-,19+/m1/s1. The molecule has 2 saturated heterocycles. The summed E-state index contributed by atoms with van der Waals surface area (Å²) in [5, 5.41) is 6.39. The minimum atomic E-state index is -0.0530. The molecule has 27 heavy (non-hydrogen) atoms. The highest BCUT2D eigenvalue weighted by Crippen LogP contribution is 2.29. The normalized spacial score (nSPS) is 21.0. The van der Waals surface area contributed by atoms with Crippen LogP contribution >= 0.6 is 0 Å². The van der Waals surface area contributed by atoms with Crippen molar-refractivity contribution < 1.29 is 14.3 Å². The molecule has 0 spiro atoms. The van der Waals surface area contributed by atoms with E-state index in [1.807, 2.05) is 59.5 Å². The van der Waals surface area contributed by atoms with E-state index >= 15 is 0 Å². The van der Waals surface area contributed by atoms with Crippen LogP contribution in [0.4, 0.5) is 10.5 Å². The highest BCUT2D eigenvalue weighted by molar-refractivity contribution is 5.91. The molecule has 0 aromatic heterocycles. The summed E-state index contributed by atoms with van der Waals surface area (Å²) in [6.45, 7) is 3.55. The Morgan fingerprint density at radius 1 is 1.04 bits per heavy atom. The van der Waals surface area contributed by atoms with Crippen LogP contribution < -0.4 is 20.1 Å². The van der Waals surface area contributed by atoms with Gasteiger partial charge in [0.2, 0.25) is 0 Å². The van der Waals surface area contributed by atoms with Gasteiger partial charge in [0.15, 0.2) is 0 Å². The maximum atomic E-state index is 12.7. The first-order chi connectivity index (χ1) is 13.3. The van der Waals surface area contributed by atoms with Crippen LogP contribution in [0.15, 0.2) is 54.6 Å². The molecule has 6 heteroatoms. The lowest BCUT2D eigenvalue weighted by Crippen LogP contribution is -2.41. The van der Waals surface area contributed by atoms with Crippen molar-refractivity contribution in [1.82, 2.24) is 10.2 Å². The molecule has 2 fully saturated rings. The molecule has 0 bridgehead atoms. The SMILES string of the molecule is O=C(Nc1ccccc1OCCOc1ccccc1)N1CC[C@@H]2CNC[C@@H]21. The van der Waals surface area contributed by atoms with E-state index in [-0.39, 0.29) is 6.03 Å². The second-order valence-corrected chi connectivity index (χ2v) is 6.90. The molecule has 2 aromatic rings. The number of hydrogen-bond donors (Lipinski definition) is 2. The van der Waals surface area contributed by atoms with Crippen molar-refractivity contribution in [2.75, 3.05) is 38.2 Å². The lowest BCUT2D eigenvalue weighted by molar-refractivity contribution is 0.205. The number of anilines is 1. The van der Waals surface area contributed by atoms with Gasteiger partial charge in [-0.05, 0) is 36.6 Å². The number of hydrogen-bond acceptors (Lipinski definition) is 4. The topological polar surface area (TPSA) is 62.8 Å². The number of para-hydroxylation sites is 3. The maximum absolute atomic E-state index is 12.7. The first-order valence-corrected chi connectivity index (χ1v) is 9.49. The summed E-state index contributed by atoms with van der Waals surface area (Å²) in [6.07, 6.45) is 1.07. The van der Waals surface area contributed by atoms with Crippen LogP contribution in [0.2, 0.25) is 0 Å². The van der Waals surface area contributed by atoms with E-state index in [1.165, 1.54) is 0 Å². The van der Waals surface area contributed by atoms with E-state index in [0.29, 0.717) is 36.6 Å². The second kappa shape index (κ2) is 8.31. The molecular formula is C21H25N3O3. The van der Waals surface area contributed by atoms with Gasteiger partial charge in [-0.2, -0.15) is 0 Å². The Labute approximate surface area is 159 Å². The van der Waals surface area contributed by atoms with Crippen LogP contribution in [0, 0.1) is 5.92 Å². The van der Waals surface area contributed by atoms with E-state index in [1.54, 1.807) is 0 Å². The summed E-state index contributed by atoms with van der Waals surface area (Å²) in [6, 6.07) is 17.4. The number of ether oxygens (including phenoxy) is 2. The van der Waals surface area contributed by atoms with Crippen molar-refractivity contribution in [1.29, 1.82) is 0 Å². The van der Waals surface area contributed by atoms with E-state index < -0.39 is 0 Å². The molecule has 0 saturated carbocycles. The number of rotatable bonds is 6. The lowest BCUT2D eigenvalue weighted by Gasteiger charge is -2.24. The number of likely N-dealkylation sites (tertiary alicyclic amines) is 1. The third-order valence-corrected chi connectivity index (χ3v) is 5.19. The number of amides is 2. The van der Waals surface area contributed by atoms with Gasteiger partial charge in [0.25, 0.3) is 0 Å². The molecule has 0 unspecified atom stereocenters. The van der Waals surface area contributed by atoms with Crippen LogP contribution in [0.5, 0.6) is 11.5 Å². The van der Waals surface area contributed by atoms with Crippen molar-refractivity contribution in [3.05, 3.63) is 54.6 Å². The molecule has 0 aliphatic carbocycles.